The zero-order valence-electron chi connectivity index (χ0n) is 11.6. The van der Waals surface area contributed by atoms with Crippen LogP contribution in [0.2, 0.25) is 0 Å². The number of nitrogens with one attached hydrogen (secondary N) is 2. The average Bonchev–Trinajstić information content (AvgIpc) is 2.90. The number of anilines is 2. The first-order chi connectivity index (χ1) is 9.16. The molecular formula is C14H22N4O. The summed E-state index contributed by atoms with van der Waals surface area (Å²) in [5, 5.41) is 6.27. The maximum absolute atomic E-state index is 12.0. The molecule has 2 heterocycles. The largest absolute Gasteiger partial charge is 0.376 e. The molecule has 0 bridgehead atoms. The summed E-state index contributed by atoms with van der Waals surface area (Å²) in [6.45, 7) is 2.13. The number of nitrogens with zero attached hydrogens (tertiary/aromatic N) is 2. The van der Waals surface area contributed by atoms with E-state index >= 15 is 0 Å². The van der Waals surface area contributed by atoms with Gasteiger partial charge in [0, 0.05) is 26.7 Å². The van der Waals surface area contributed by atoms with E-state index in [2.05, 4.69) is 15.6 Å². The van der Waals surface area contributed by atoms with Gasteiger partial charge in [-0.15, -0.1) is 0 Å². The molecule has 1 fully saturated rings. The Labute approximate surface area is 114 Å². The number of carbonyl (C=O) groups excluding carboxylic acids is 1. The van der Waals surface area contributed by atoms with E-state index in [-0.39, 0.29) is 5.91 Å². The molecule has 0 aromatic carbocycles. The van der Waals surface area contributed by atoms with Crippen molar-refractivity contribution in [1.82, 2.24) is 10.3 Å². The van der Waals surface area contributed by atoms with Crippen LogP contribution in [0.5, 0.6) is 0 Å². The summed E-state index contributed by atoms with van der Waals surface area (Å²) in [7, 11) is 3.91. The summed E-state index contributed by atoms with van der Waals surface area (Å²) in [6, 6.07) is 1.90. The molecule has 1 aromatic rings. The van der Waals surface area contributed by atoms with Gasteiger partial charge >= 0.3 is 0 Å². The number of rotatable bonds is 5. The number of amides is 1. The standard InChI is InChI=1S/C14H22N4O/c1-18(2)13-6-8-16-10-12(13)17-14(19)4-3-11-5-7-15-9-11/h6,8,10-11,15H,3-5,7,9H2,1-2H3,(H,17,19). The Morgan fingerprint density at radius 1 is 1.58 bits per heavy atom. The molecule has 2 rings (SSSR count). The SMILES string of the molecule is CN(C)c1ccncc1NC(=O)CCC1CCNC1. The van der Waals surface area contributed by atoms with Crippen molar-refractivity contribution in [2.24, 2.45) is 5.92 Å². The maximum Gasteiger partial charge on any atom is 0.224 e. The van der Waals surface area contributed by atoms with Crippen molar-refractivity contribution in [1.29, 1.82) is 0 Å². The highest BCUT2D eigenvalue weighted by Crippen LogP contribution is 2.23. The van der Waals surface area contributed by atoms with Crippen LogP contribution >= 0.6 is 0 Å². The first-order valence-corrected chi connectivity index (χ1v) is 6.78. The van der Waals surface area contributed by atoms with Gasteiger partial charge in [0.2, 0.25) is 5.91 Å². The molecule has 0 saturated carbocycles. The van der Waals surface area contributed by atoms with E-state index in [4.69, 9.17) is 0 Å². The Kier molecular flexibility index (Phi) is 4.74. The van der Waals surface area contributed by atoms with E-state index in [1.54, 1.807) is 12.4 Å². The van der Waals surface area contributed by atoms with Gasteiger partial charge in [-0.2, -0.15) is 0 Å². The van der Waals surface area contributed by atoms with Crippen LogP contribution in [0.25, 0.3) is 0 Å². The zero-order chi connectivity index (χ0) is 13.7. The molecule has 1 saturated heterocycles. The molecule has 0 aliphatic carbocycles. The molecule has 1 unspecified atom stereocenters. The van der Waals surface area contributed by atoms with Crippen LogP contribution < -0.4 is 15.5 Å². The highest BCUT2D eigenvalue weighted by atomic mass is 16.1. The zero-order valence-corrected chi connectivity index (χ0v) is 11.6. The number of aromatic nitrogens is 1. The third-order valence-electron chi connectivity index (χ3n) is 3.50. The first kappa shape index (κ1) is 13.8. The van der Waals surface area contributed by atoms with E-state index in [1.165, 1.54) is 6.42 Å². The van der Waals surface area contributed by atoms with Crippen LogP contribution in [0.15, 0.2) is 18.5 Å². The van der Waals surface area contributed by atoms with Crippen LogP contribution in [0, 0.1) is 5.92 Å². The van der Waals surface area contributed by atoms with Crippen LogP contribution in [-0.4, -0.2) is 38.1 Å². The van der Waals surface area contributed by atoms with Gasteiger partial charge in [-0.05, 0) is 37.9 Å². The predicted molar refractivity (Wildman–Crippen MR) is 77.4 cm³/mol. The number of hydrogen-bond acceptors (Lipinski definition) is 4. The van der Waals surface area contributed by atoms with Gasteiger partial charge in [-0.25, -0.2) is 0 Å². The maximum atomic E-state index is 12.0. The fraction of sp³-hybridized carbons (Fsp3) is 0.571. The van der Waals surface area contributed by atoms with Crippen molar-refractivity contribution < 1.29 is 4.79 Å². The number of hydrogen-bond donors (Lipinski definition) is 2. The van der Waals surface area contributed by atoms with E-state index in [9.17, 15) is 4.79 Å². The molecule has 19 heavy (non-hydrogen) atoms. The van der Waals surface area contributed by atoms with Crippen molar-refractivity contribution in [3.63, 3.8) is 0 Å². The lowest BCUT2D eigenvalue weighted by Gasteiger charge is -2.17. The highest BCUT2D eigenvalue weighted by Gasteiger charge is 2.16. The van der Waals surface area contributed by atoms with Gasteiger partial charge in [-0.1, -0.05) is 0 Å². The third-order valence-corrected chi connectivity index (χ3v) is 3.50. The van der Waals surface area contributed by atoms with E-state index in [0.717, 1.165) is 30.9 Å². The highest BCUT2D eigenvalue weighted by molar-refractivity contribution is 5.93. The summed E-state index contributed by atoms with van der Waals surface area (Å²) in [4.78, 5) is 18.0. The smallest absolute Gasteiger partial charge is 0.224 e. The summed E-state index contributed by atoms with van der Waals surface area (Å²) in [5.74, 6) is 0.718. The lowest BCUT2D eigenvalue weighted by Crippen LogP contribution is -2.18. The molecule has 1 aliphatic rings. The second-order valence-corrected chi connectivity index (χ2v) is 5.23. The van der Waals surface area contributed by atoms with Crippen LogP contribution in [0.4, 0.5) is 11.4 Å². The van der Waals surface area contributed by atoms with Gasteiger partial charge in [0.25, 0.3) is 0 Å². The average molecular weight is 262 g/mol. The molecule has 5 heteroatoms. The summed E-state index contributed by atoms with van der Waals surface area (Å²) < 4.78 is 0. The summed E-state index contributed by atoms with van der Waals surface area (Å²) in [6.07, 6.45) is 6.15. The van der Waals surface area contributed by atoms with Crippen molar-refractivity contribution in [2.45, 2.75) is 19.3 Å². The van der Waals surface area contributed by atoms with E-state index in [0.29, 0.717) is 12.3 Å². The second kappa shape index (κ2) is 6.52. The van der Waals surface area contributed by atoms with Crippen molar-refractivity contribution in [3.05, 3.63) is 18.5 Å². The molecule has 2 N–H and O–H groups in total. The minimum atomic E-state index is 0.0722. The van der Waals surface area contributed by atoms with Crippen LogP contribution in [0.1, 0.15) is 19.3 Å². The molecule has 0 spiro atoms. The number of carbonyl (C=O) groups is 1. The topological polar surface area (TPSA) is 57.3 Å². The normalized spacial score (nSPS) is 18.3. The Morgan fingerprint density at radius 3 is 3.11 bits per heavy atom. The van der Waals surface area contributed by atoms with E-state index < -0.39 is 0 Å². The Bertz CT molecular complexity index is 427. The Balaban J connectivity index is 1.87. The molecule has 1 atom stereocenters. The van der Waals surface area contributed by atoms with Crippen molar-refractivity contribution >= 4 is 17.3 Å². The van der Waals surface area contributed by atoms with Gasteiger partial charge in [-0.3, -0.25) is 9.78 Å². The van der Waals surface area contributed by atoms with Gasteiger partial charge in [0.15, 0.2) is 0 Å². The molecule has 1 aromatic heterocycles. The lowest BCUT2D eigenvalue weighted by molar-refractivity contribution is -0.116. The number of pyridine rings is 1. The van der Waals surface area contributed by atoms with Crippen LogP contribution in [0.3, 0.4) is 0 Å². The minimum absolute atomic E-state index is 0.0722. The summed E-state index contributed by atoms with van der Waals surface area (Å²) >= 11 is 0. The molecule has 1 amide bonds. The second-order valence-electron chi connectivity index (χ2n) is 5.23. The monoisotopic (exact) mass is 262 g/mol. The lowest BCUT2D eigenvalue weighted by atomic mass is 10.0. The van der Waals surface area contributed by atoms with Gasteiger partial charge in [0.05, 0.1) is 17.6 Å². The third kappa shape index (κ3) is 3.92. The summed E-state index contributed by atoms with van der Waals surface area (Å²) in [5.41, 5.74) is 1.76. The quantitative estimate of drug-likeness (QED) is 0.844. The molecule has 5 nitrogen and oxygen atoms in total. The fourth-order valence-electron chi connectivity index (χ4n) is 2.38. The Hall–Kier alpha value is -1.62. The molecule has 1 aliphatic heterocycles. The van der Waals surface area contributed by atoms with Crippen molar-refractivity contribution in [3.8, 4) is 0 Å². The first-order valence-electron chi connectivity index (χ1n) is 6.78. The van der Waals surface area contributed by atoms with Gasteiger partial charge < -0.3 is 15.5 Å². The Morgan fingerprint density at radius 2 is 2.42 bits per heavy atom. The fourth-order valence-corrected chi connectivity index (χ4v) is 2.38. The minimum Gasteiger partial charge on any atom is -0.376 e. The van der Waals surface area contributed by atoms with Gasteiger partial charge in [0.1, 0.15) is 0 Å². The van der Waals surface area contributed by atoms with Crippen LogP contribution in [-0.2, 0) is 4.79 Å². The predicted octanol–water partition coefficient (Wildman–Crippen LogP) is 1.48. The molecule has 0 radical (unpaired) electrons. The van der Waals surface area contributed by atoms with Crippen molar-refractivity contribution in [2.75, 3.05) is 37.4 Å². The molecular weight excluding hydrogens is 240 g/mol. The van der Waals surface area contributed by atoms with E-state index in [1.807, 2.05) is 25.1 Å². The molecule has 104 valence electrons.